The number of carbonyl (C=O) groups is 1. The fourth-order valence-electron chi connectivity index (χ4n) is 2.91. The van der Waals surface area contributed by atoms with Crippen LogP contribution in [0.3, 0.4) is 0 Å². The molecular formula is C21H29N3O4S. The van der Waals surface area contributed by atoms with Crippen molar-refractivity contribution in [3.8, 4) is 5.88 Å². The van der Waals surface area contributed by atoms with E-state index in [0.717, 1.165) is 11.1 Å². The molecule has 7 nitrogen and oxygen atoms in total. The number of hydrogen-bond donors (Lipinski definition) is 1. The van der Waals surface area contributed by atoms with Gasteiger partial charge in [-0.2, -0.15) is 4.31 Å². The van der Waals surface area contributed by atoms with E-state index in [4.69, 9.17) is 4.74 Å². The van der Waals surface area contributed by atoms with Crippen molar-refractivity contribution in [1.82, 2.24) is 14.6 Å². The maximum absolute atomic E-state index is 12.5. The first-order valence-electron chi connectivity index (χ1n) is 9.84. The van der Waals surface area contributed by atoms with Crippen LogP contribution in [0, 0.1) is 0 Å². The fraction of sp³-hybridized carbons (Fsp3) is 0.429. The molecule has 2 rings (SSSR count). The van der Waals surface area contributed by atoms with Crippen molar-refractivity contribution >= 4 is 15.9 Å². The van der Waals surface area contributed by atoms with Gasteiger partial charge in [-0.1, -0.05) is 32.0 Å². The minimum atomic E-state index is -3.46. The molecule has 0 bridgehead atoms. The van der Waals surface area contributed by atoms with E-state index in [9.17, 15) is 13.2 Å². The van der Waals surface area contributed by atoms with Crippen molar-refractivity contribution in [2.45, 2.75) is 45.1 Å². The van der Waals surface area contributed by atoms with Gasteiger partial charge in [-0.05, 0) is 37.1 Å². The van der Waals surface area contributed by atoms with Crippen molar-refractivity contribution in [3.63, 3.8) is 0 Å². The molecule has 0 aliphatic carbocycles. The van der Waals surface area contributed by atoms with Crippen LogP contribution in [0.2, 0.25) is 0 Å². The predicted octanol–water partition coefficient (Wildman–Crippen LogP) is 2.76. The van der Waals surface area contributed by atoms with Gasteiger partial charge in [-0.15, -0.1) is 0 Å². The Balaban J connectivity index is 1.89. The number of nitrogens with zero attached hydrogens (tertiary/aromatic N) is 2. The second-order valence-corrected chi connectivity index (χ2v) is 8.35. The van der Waals surface area contributed by atoms with Gasteiger partial charge in [-0.25, -0.2) is 13.4 Å². The van der Waals surface area contributed by atoms with Crippen molar-refractivity contribution in [2.24, 2.45) is 0 Å². The van der Waals surface area contributed by atoms with Crippen LogP contribution >= 0.6 is 0 Å². The number of nitrogens with one attached hydrogen (secondary N) is 1. The maximum atomic E-state index is 12.5. The van der Waals surface area contributed by atoms with E-state index >= 15 is 0 Å². The van der Waals surface area contributed by atoms with Gasteiger partial charge in [-0.3, -0.25) is 4.79 Å². The Kier molecular flexibility index (Phi) is 8.60. The fourth-order valence-corrected chi connectivity index (χ4v) is 4.36. The van der Waals surface area contributed by atoms with Gasteiger partial charge in [0.2, 0.25) is 21.8 Å². The molecule has 0 aliphatic rings. The molecule has 2 aromatic rings. The van der Waals surface area contributed by atoms with E-state index in [-0.39, 0.29) is 10.8 Å². The quantitative estimate of drug-likeness (QED) is 0.605. The maximum Gasteiger partial charge on any atom is 0.243 e. The highest BCUT2D eigenvalue weighted by molar-refractivity contribution is 7.89. The Hall–Kier alpha value is -2.45. The largest absolute Gasteiger partial charge is 0.478 e. The van der Waals surface area contributed by atoms with E-state index in [0.29, 0.717) is 45.0 Å². The van der Waals surface area contributed by atoms with Crippen molar-refractivity contribution in [3.05, 3.63) is 53.7 Å². The van der Waals surface area contributed by atoms with Crippen LogP contribution in [0.15, 0.2) is 47.5 Å². The molecule has 1 amide bonds. The molecule has 0 radical (unpaired) electrons. The highest BCUT2D eigenvalue weighted by Gasteiger charge is 2.21. The van der Waals surface area contributed by atoms with Gasteiger partial charge in [0.05, 0.1) is 11.5 Å². The number of aromatic nitrogens is 1. The molecule has 0 saturated carbocycles. The van der Waals surface area contributed by atoms with E-state index in [2.05, 4.69) is 10.3 Å². The third-order valence-corrected chi connectivity index (χ3v) is 6.58. The van der Waals surface area contributed by atoms with Crippen LogP contribution in [-0.4, -0.2) is 43.3 Å². The molecule has 1 N–H and O–H groups in total. The van der Waals surface area contributed by atoms with Crippen molar-refractivity contribution in [2.75, 3.05) is 19.7 Å². The van der Waals surface area contributed by atoms with Gasteiger partial charge >= 0.3 is 0 Å². The molecule has 1 aromatic carbocycles. The molecule has 0 saturated heterocycles. The van der Waals surface area contributed by atoms with Gasteiger partial charge < -0.3 is 10.1 Å². The first-order valence-corrected chi connectivity index (χ1v) is 11.3. The van der Waals surface area contributed by atoms with E-state index < -0.39 is 10.0 Å². The second-order valence-electron chi connectivity index (χ2n) is 6.41. The standard InChI is InChI=1S/C21H29N3O4S/c1-4-24(5-2)29(26,27)19-12-9-17(10-13-19)11-14-20(25)23-16-18-8-7-15-22-21(18)28-6-3/h7-10,12-13,15H,4-6,11,14,16H2,1-3H3,(H,23,25). The molecule has 8 heteroatoms. The van der Waals surface area contributed by atoms with Gasteiger partial charge in [0.1, 0.15) is 0 Å². The van der Waals surface area contributed by atoms with Crippen molar-refractivity contribution in [1.29, 1.82) is 0 Å². The molecule has 0 atom stereocenters. The number of amides is 1. The Bertz CT molecular complexity index is 894. The summed E-state index contributed by atoms with van der Waals surface area (Å²) in [7, 11) is -3.46. The summed E-state index contributed by atoms with van der Waals surface area (Å²) < 4.78 is 31.9. The summed E-state index contributed by atoms with van der Waals surface area (Å²) >= 11 is 0. The number of carbonyl (C=O) groups excluding carboxylic acids is 1. The minimum Gasteiger partial charge on any atom is -0.478 e. The number of pyridine rings is 1. The first-order chi connectivity index (χ1) is 13.9. The zero-order valence-electron chi connectivity index (χ0n) is 17.2. The molecule has 0 aliphatic heterocycles. The lowest BCUT2D eigenvalue weighted by molar-refractivity contribution is -0.121. The lowest BCUT2D eigenvalue weighted by atomic mass is 10.1. The number of ether oxygens (including phenoxy) is 1. The first kappa shape index (κ1) is 22.8. The van der Waals surface area contributed by atoms with E-state index in [1.807, 2.05) is 26.8 Å². The summed E-state index contributed by atoms with van der Waals surface area (Å²) in [6, 6.07) is 10.4. The van der Waals surface area contributed by atoms with E-state index in [1.165, 1.54) is 4.31 Å². The predicted molar refractivity (Wildman–Crippen MR) is 112 cm³/mol. The van der Waals surface area contributed by atoms with Gasteiger partial charge in [0.15, 0.2) is 0 Å². The summed E-state index contributed by atoms with van der Waals surface area (Å²) in [5, 5.41) is 2.87. The van der Waals surface area contributed by atoms with Crippen LogP contribution in [-0.2, 0) is 27.8 Å². The smallest absolute Gasteiger partial charge is 0.243 e. The number of benzene rings is 1. The third-order valence-electron chi connectivity index (χ3n) is 4.51. The molecule has 0 spiro atoms. The summed E-state index contributed by atoms with van der Waals surface area (Å²) in [6.07, 6.45) is 2.50. The zero-order chi connectivity index (χ0) is 21.3. The molecule has 158 valence electrons. The van der Waals surface area contributed by atoms with Crippen molar-refractivity contribution < 1.29 is 17.9 Å². The lowest BCUT2D eigenvalue weighted by Gasteiger charge is -2.18. The Morgan fingerprint density at radius 1 is 1.10 bits per heavy atom. The van der Waals surface area contributed by atoms with Crippen LogP contribution in [0.5, 0.6) is 5.88 Å². The number of aryl methyl sites for hydroxylation is 1. The number of hydrogen-bond acceptors (Lipinski definition) is 5. The third kappa shape index (κ3) is 6.27. The highest BCUT2D eigenvalue weighted by atomic mass is 32.2. The Morgan fingerprint density at radius 3 is 2.41 bits per heavy atom. The Labute approximate surface area is 173 Å². The monoisotopic (exact) mass is 419 g/mol. The average Bonchev–Trinajstić information content (AvgIpc) is 2.73. The summed E-state index contributed by atoms with van der Waals surface area (Å²) in [4.78, 5) is 16.6. The van der Waals surface area contributed by atoms with Crippen LogP contribution < -0.4 is 10.1 Å². The molecule has 1 heterocycles. The van der Waals surface area contributed by atoms with Crippen LogP contribution in [0.1, 0.15) is 38.3 Å². The van der Waals surface area contributed by atoms with Crippen LogP contribution in [0.25, 0.3) is 0 Å². The molecule has 0 fully saturated rings. The summed E-state index contributed by atoms with van der Waals surface area (Å²) in [6.45, 7) is 7.25. The molecular weight excluding hydrogens is 390 g/mol. The average molecular weight is 420 g/mol. The second kappa shape index (κ2) is 10.9. The molecule has 1 aromatic heterocycles. The SMILES string of the molecule is CCOc1ncccc1CNC(=O)CCc1ccc(S(=O)(=O)N(CC)CC)cc1. The normalized spacial score (nSPS) is 11.4. The topological polar surface area (TPSA) is 88.6 Å². The van der Waals surface area contributed by atoms with Gasteiger partial charge in [0.25, 0.3) is 0 Å². The lowest BCUT2D eigenvalue weighted by Crippen LogP contribution is -2.30. The molecule has 0 unspecified atom stereocenters. The number of rotatable bonds is 11. The zero-order valence-corrected chi connectivity index (χ0v) is 18.0. The summed E-state index contributed by atoms with van der Waals surface area (Å²) in [5.41, 5.74) is 1.74. The van der Waals surface area contributed by atoms with Crippen LogP contribution in [0.4, 0.5) is 0 Å². The highest BCUT2D eigenvalue weighted by Crippen LogP contribution is 2.17. The Morgan fingerprint density at radius 2 is 1.79 bits per heavy atom. The van der Waals surface area contributed by atoms with Gasteiger partial charge in [0, 0.05) is 37.8 Å². The number of sulfonamides is 1. The minimum absolute atomic E-state index is 0.0869. The van der Waals surface area contributed by atoms with E-state index in [1.54, 1.807) is 36.5 Å². The summed E-state index contributed by atoms with van der Waals surface area (Å²) in [5.74, 6) is 0.441. The molecule has 29 heavy (non-hydrogen) atoms.